The van der Waals surface area contributed by atoms with Crippen LogP contribution in [0.4, 0.5) is 9.18 Å². The fourth-order valence-corrected chi connectivity index (χ4v) is 2.84. The van der Waals surface area contributed by atoms with Crippen LogP contribution in [-0.4, -0.2) is 27.8 Å². The van der Waals surface area contributed by atoms with Gasteiger partial charge in [-0.25, -0.2) is 4.39 Å². The Labute approximate surface area is 103 Å². The van der Waals surface area contributed by atoms with Gasteiger partial charge in [-0.05, 0) is 31.0 Å². The van der Waals surface area contributed by atoms with Gasteiger partial charge in [0, 0.05) is 6.54 Å². The van der Waals surface area contributed by atoms with Crippen LogP contribution in [0, 0.1) is 5.82 Å². The van der Waals surface area contributed by atoms with E-state index in [4.69, 9.17) is 0 Å². The lowest BCUT2D eigenvalue weighted by molar-refractivity contribution is -0.126. The molecule has 0 N–H and O–H groups in total. The number of hydrogen-bond acceptors (Lipinski definition) is 3. The van der Waals surface area contributed by atoms with Crippen LogP contribution in [0.2, 0.25) is 0 Å². The Kier molecular flexibility index (Phi) is 3.47. The fourth-order valence-electron chi connectivity index (χ4n) is 1.75. The number of imide groups is 1. The highest BCUT2D eigenvalue weighted by Gasteiger charge is 2.38. The minimum Gasteiger partial charge on any atom is -0.273 e. The summed E-state index contributed by atoms with van der Waals surface area (Å²) < 4.78 is 12.7. The van der Waals surface area contributed by atoms with Crippen LogP contribution in [-0.2, 0) is 11.2 Å². The second-order valence-corrected chi connectivity index (χ2v) is 4.94. The maximum absolute atomic E-state index is 12.7. The summed E-state index contributed by atoms with van der Waals surface area (Å²) in [5.74, 6) is -0.447. The van der Waals surface area contributed by atoms with E-state index in [1.54, 1.807) is 19.1 Å². The first kappa shape index (κ1) is 12.1. The Balaban J connectivity index is 2.08. The van der Waals surface area contributed by atoms with E-state index in [1.807, 2.05) is 0 Å². The number of hydrogen-bond donors (Lipinski definition) is 0. The van der Waals surface area contributed by atoms with Crippen LogP contribution in [0.3, 0.4) is 0 Å². The van der Waals surface area contributed by atoms with E-state index in [0.29, 0.717) is 13.0 Å². The molecule has 5 heteroatoms. The molecule has 0 saturated carbocycles. The normalized spacial score (nSPS) is 20.1. The van der Waals surface area contributed by atoms with E-state index in [9.17, 15) is 14.0 Å². The highest BCUT2D eigenvalue weighted by Crippen LogP contribution is 2.29. The molecule has 0 spiro atoms. The summed E-state index contributed by atoms with van der Waals surface area (Å²) in [6.45, 7) is 2.18. The molecular weight excluding hydrogens is 241 g/mol. The van der Waals surface area contributed by atoms with E-state index >= 15 is 0 Å². The Morgan fingerprint density at radius 1 is 1.29 bits per heavy atom. The standard InChI is InChI=1S/C12H12FNO2S/c1-2-14-11(15)10(17-12(14)16)7-8-3-5-9(13)6-4-8/h3-6,10H,2,7H2,1H3/t10-/m1/s1. The van der Waals surface area contributed by atoms with Crippen LogP contribution >= 0.6 is 11.8 Å². The van der Waals surface area contributed by atoms with Crippen LogP contribution < -0.4 is 0 Å². The highest BCUT2D eigenvalue weighted by molar-refractivity contribution is 8.15. The number of rotatable bonds is 3. The summed E-state index contributed by atoms with van der Waals surface area (Å²) in [5.41, 5.74) is 0.864. The third kappa shape index (κ3) is 2.49. The number of thioether (sulfide) groups is 1. The van der Waals surface area contributed by atoms with Crippen molar-refractivity contribution in [2.45, 2.75) is 18.6 Å². The molecule has 90 valence electrons. The Morgan fingerprint density at radius 2 is 1.94 bits per heavy atom. The van der Waals surface area contributed by atoms with E-state index in [-0.39, 0.29) is 22.2 Å². The first-order valence-electron chi connectivity index (χ1n) is 5.38. The van der Waals surface area contributed by atoms with Crippen molar-refractivity contribution in [3.63, 3.8) is 0 Å². The van der Waals surface area contributed by atoms with Crippen molar-refractivity contribution >= 4 is 22.9 Å². The molecule has 1 atom stereocenters. The Hall–Kier alpha value is -1.36. The molecule has 1 aromatic rings. The third-order valence-electron chi connectivity index (χ3n) is 2.66. The lowest BCUT2D eigenvalue weighted by Crippen LogP contribution is -2.31. The first-order chi connectivity index (χ1) is 8.11. The van der Waals surface area contributed by atoms with Crippen molar-refractivity contribution in [1.82, 2.24) is 4.90 Å². The molecule has 2 amide bonds. The highest BCUT2D eigenvalue weighted by atomic mass is 32.2. The zero-order valence-corrected chi connectivity index (χ0v) is 10.2. The second-order valence-electron chi connectivity index (χ2n) is 3.79. The number of nitrogens with zero attached hydrogens (tertiary/aromatic N) is 1. The van der Waals surface area contributed by atoms with Gasteiger partial charge in [0.2, 0.25) is 5.91 Å². The predicted molar refractivity (Wildman–Crippen MR) is 64.3 cm³/mol. The predicted octanol–water partition coefficient (Wildman–Crippen LogP) is 2.45. The van der Waals surface area contributed by atoms with E-state index < -0.39 is 0 Å². The van der Waals surface area contributed by atoms with Gasteiger partial charge in [-0.15, -0.1) is 0 Å². The summed E-state index contributed by atoms with van der Waals surface area (Å²) in [6.07, 6.45) is 0.464. The summed E-state index contributed by atoms with van der Waals surface area (Å²) in [4.78, 5) is 24.6. The zero-order valence-electron chi connectivity index (χ0n) is 9.35. The van der Waals surface area contributed by atoms with E-state index in [0.717, 1.165) is 17.3 Å². The largest absolute Gasteiger partial charge is 0.289 e. The summed E-state index contributed by atoms with van der Waals surface area (Å²) in [6, 6.07) is 6.00. The van der Waals surface area contributed by atoms with Gasteiger partial charge in [0.1, 0.15) is 5.82 Å². The van der Waals surface area contributed by atoms with Crippen molar-refractivity contribution in [3.8, 4) is 0 Å². The molecular formula is C12H12FNO2S. The van der Waals surface area contributed by atoms with Crippen LogP contribution in [0.25, 0.3) is 0 Å². The van der Waals surface area contributed by atoms with Crippen molar-refractivity contribution in [2.24, 2.45) is 0 Å². The molecule has 0 unspecified atom stereocenters. The van der Waals surface area contributed by atoms with Crippen molar-refractivity contribution in [2.75, 3.05) is 6.54 Å². The molecule has 1 fully saturated rings. The quantitative estimate of drug-likeness (QED) is 0.830. The molecule has 17 heavy (non-hydrogen) atoms. The zero-order chi connectivity index (χ0) is 12.4. The molecule has 1 aromatic carbocycles. The number of benzene rings is 1. The van der Waals surface area contributed by atoms with Gasteiger partial charge in [0.15, 0.2) is 0 Å². The lowest BCUT2D eigenvalue weighted by Gasteiger charge is -2.10. The van der Waals surface area contributed by atoms with Crippen molar-refractivity contribution in [3.05, 3.63) is 35.6 Å². The van der Waals surface area contributed by atoms with Gasteiger partial charge < -0.3 is 0 Å². The van der Waals surface area contributed by atoms with Gasteiger partial charge in [-0.3, -0.25) is 14.5 Å². The first-order valence-corrected chi connectivity index (χ1v) is 6.26. The molecule has 0 aromatic heterocycles. The van der Waals surface area contributed by atoms with Gasteiger partial charge in [0.25, 0.3) is 5.24 Å². The smallest absolute Gasteiger partial charge is 0.273 e. The molecule has 0 bridgehead atoms. The molecule has 1 aliphatic heterocycles. The average molecular weight is 253 g/mol. The van der Waals surface area contributed by atoms with Crippen molar-refractivity contribution in [1.29, 1.82) is 0 Å². The summed E-state index contributed by atoms with van der Waals surface area (Å²) in [5, 5.41) is -0.558. The van der Waals surface area contributed by atoms with E-state index in [2.05, 4.69) is 0 Å². The fraction of sp³-hybridized carbons (Fsp3) is 0.333. The molecule has 1 aliphatic rings. The van der Waals surface area contributed by atoms with Gasteiger partial charge in [-0.1, -0.05) is 23.9 Å². The summed E-state index contributed by atoms with van der Waals surface area (Å²) >= 11 is 1.05. The molecule has 0 radical (unpaired) electrons. The van der Waals surface area contributed by atoms with Crippen LogP contribution in [0.15, 0.2) is 24.3 Å². The molecule has 1 heterocycles. The third-order valence-corrected chi connectivity index (χ3v) is 3.73. The SMILES string of the molecule is CCN1C(=O)S[C@H](Cc2ccc(F)cc2)C1=O. The molecule has 0 aliphatic carbocycles. The van der Waals surface area contributed by atoms with Gasteiger partial charge >= 0.3 is 0 Å². The molecule has 3 nitrogen and oxygen atoms in total. The number of carbonyl (C=O) groups excluding carboxylic acids is 2. The van der Waals surface area contributed by atoms with Crippen molar-refractivity contribution < 1.29 is 14.0 Å². The maximum atomic E-state index is 12.7. The van der Waals surface area contributed by atoms with Gasteiger partial charge in [0.05, 0.1) is 5.25 Å². The second kappa shape index (κ2) is 4.87. The molecule has 1 saturated heterocycles. The summed E-state index contributed by atoms with van der Waals surface area (Å²) in [7, 11) is 0. The average Bonchev–Trinajstić information content (AvgIpc) is 2.57. The monoisotopic (exact) mass is 253 g/mol. The van der Waals surface area contributed by atoms with Crippen LogP contribution in [0.5, 0.6) is 0 Å². The Bertz CT molecular complexity index is 446. The topological polar surface area (TPSA) is 37.4 Å². The number of carbonyl (C=O) groups is 2. The number of amides is 2. The van der Waals surface area contributed by atoms with E-state index in [1.165, 1.54) is 17.0 Å². The maximum Gasteiger partial charge on any atom is 0.289 e. The lowest BCUT2D eigenvalue weighted by atomic mass is 10.1. The van der Waals surface area contributed by atoms with Crippen LogP contribution in [0.1, 0.15) is 12.5 Å². The minimum atomic E-state index is -0.368. The van der Waals surface area contributed by atoms with Gasteiger partial charge in [-0.2, -0.15) is 0 Å². The Morgan fingerprint density at radius 3 is 2.47 bits per heavy atom. The molecule has 2 rings (SSSR count). The minimum absolute atomic E-state index is 0.146. The number of halogens is 1.